The third-order valence-corrected chi connectivity index (χ3v) is 3.22. The van der Waals surface area contributed by atoms with Crippen LogP contribution in [0, 0.1) is 0 Å². The van der Waals surface area contributed by atoms with Crippen molar-refractivity contribution in [3.63, 3.8) is 0 Å². The summed E-state index contributed by atoms with van der Waals surface area (Å²) in [5.41, 5.74) is 0.708. The summed E-state index contributed by atoms with van der Waals surface area (Å²) in [6.07, 6.45) is 0. The van der Waals surface area contributed by atoms with Crippen molar-refractivity contribution in [3.05, 3.63) is 35.9 Å². The van der Waals surface area contributed by atoms with E-state index in [2.05, 4.69) is 16.0 Å². The molecule has 0 heterocycles. The number of nitrogens with one attached hydrogen (secondary N) is 3. The van der Waals surface area contributed by atoms with Crippen LogP contribution in [0.1, 0.15) is 32.4 Å². The van der Waals surface area contributed by atoms with Crippen LogP contribution in [-0.2, 0) is 9.59 Å². The number of carbonyl (C=O) groups is 3. The Hall–Kier alpha value is -2.41. The van der Waals surface area contributed by atoms with Gasteiger partial charge in [0.2, 0.25) is 11.8 Å². The van der Waals surface area contributed by atoms with E-state index in [4.69, 9.17) is 0 Å². The zero-order chi connectivity index (χ0) is 18.1. The SMILES string of the molecule is CCNC(=O)NC(=O)[C@H](c1ccccc1)N(C)CC(=O)NC(C)C. The van der Waals surface area contributed by atoms with Gasteiger partial charge in [-0.05, 0) is 33.4 Å². The molecule has 7 heteroatoms. The van der Waals surface area contributed by atoms with Gasteiger partial charge in [-0.25, -0.2) is 4.79 Å². The Morgan fingerprint density at radius 3 is 2.29 bits per heavy atom. The standard InChI is InChI=1S/C17H26N4O3/c1-5-18-17(24)20-16(23)15(13-9-7-6-8-10-13)21(4)11-14(22)19-12(2)3/h6-10,12,15H,5,11H2,1-4H3,(H,19,22)(H2,18,20,23,24)/t15-/m0/s1. The lowest BCUT2D eigenvalue weighted by Gasteiger charge is -2.27. The molecule has 7 nitrogen and oxygen atoms in total. The Labute approximate surface area is 142 Å². The van der Waals surface area contributed by atoms with Gasteiger partial charge in [-0.2, -0.15) is 0 Å². The van der Waals surface area contributed by atoms with Crippen LogP contribution in [0.5, 0.6) is 0 Å². The number of rotatable bonds is 7. The second-order valence-corrected chi connectivity index (χ2v) is 5.80. The highest BCUT2D eigenvalue weighted by Crippen LogP contribution is 2.19. The van der Waals surface area contributed by atoms with Crippen LogP contribution >= 0.6 is 0 Å². The van der Waals surface area contributed by atoms with E-state index < -0.39 is 18.0 Å². The summed E-state index contributed by atoms with van der Waals surface area (Å²) in [6, 6.07) is 7.76. The molecule has 24 heavy (non-hydrogen) atoms. The molecule has 1 rings (SSSR count). The molecule has 0 aliphatic carbocycles. The normalized spacial score (nSPS) is 11.9. The van der Waals surface area contributed by atoms with Gasteiger partial charge in [0.1, 0.15) is 6.04 Å². The minimum atomic E-state index is -0.744. The average molecular weight is 334 g/mol. The zero-order valence-corrected chi connectivity index (χ0v) is 14.6. The Morgan fingerprint density at radius 1 is 1.12 bits per heavy atom. The maximum Gasteiger partial charge on any atom is 0.321 e. The molecule has 0 spiro atoms. The van der Waals surface area contributed by atoms with Gasteiger partial charge in [0.15, 0.2) is 0 Å². The Balaban J connectivity index is 2.91. The fraction of sp³-hybridized carbons (Fsp3) is 0.471. The molecule has 0 saturated heterocycles. The molecule has 0 aliphatic heterocycles. The third-order valence-electron chi connectivity index (χ3n) is 3.22. The molecule has 0 unspecified atom stereocenters. The van der Waals surface area contributed by atoms with Crippen molar-refractivity contribution in [3.8, 4) is 0 Å². The van der Waals surface area contributed by atoms with Gasteiger partial charge in [0, 0.05) is 12.6 Å². The lowest BCUT2D eigenvalue weighted by Crippen LogP contribution is -2.47. The summed E-state index contributed by atoms with van der Waals surface area (Å²) in [4.78, 5) is 37.8. The summed E-state index contributed by atoms with van der Waals surface area (Å²) >= 11 is 0. The number of likely N-dealkylation sites (N-methyl/N-ethyl adjacent to an activating group) is 1. The van der Waals surface area contributed by atoms with Crippen LogP contribution in [0.15, 0.2) is 30.3 Å². The zero-order valence-electron chi connectivity index (χ0n) is 14.6. The van der Waals surface area contributed by atoms with E-state index >= 15 is 0 Å². The summed E-state index contributed by atoms with van der Waals surface area (Å²) in [5.74, 6) is -0.661. The molecule has 3 N–H and O–H groups in total. The molecule has 0 aromatic heterocycles. The van der Waals surface area contributed by atoms with Crippen molar-refractivity contribution in [1.29, 1.82) is 0 Å². The molecular weight excluding hydrogens is 308 g/mol. The lowest BCUT2D eigenvalue weighted by atomic mass is 10.0. The molecule has 0 saturated carbocycles. The molecule has 132 valence electrons. The summed E-state index contributed by atoms with van der Waals surface area (Å²) in [7, 11) is 1.68. The summed E-state index contributed by atoms with van der Waals surface area (Å²) in [6.45, 7) is 5.96. The van der Waals surface area contributed by atoms with Crippen molar-refractivity contribution in [2.75, 3.05) is 20.1 Å². The molecule has 4 amide bonds. The van der Waals surface area contributed by atoms with Crippen LogP contribution < -0.4 is 16.0 Å². The summed E-state index contributed by atoms with van der Waals surface area (Å²) < 4.78 is 0. The molecule has 1 aromatic rings. The summed E-state index contributed by atoms with van der Waals surface area (Å²) in [5, 5.41) is 7.62. The molecular formula is C17H26N4O3. The van der Waals surface area contributed by atoms with Crippen molar-refractivity contribution < 1.29 is 14.4 Å². The predicted molar refractivity (Wildman–Crippen MR) is 92.3 cm³/mol. The quantitative estimate of drug-likeness (QED) is 0.695. The molecule has 1 atom stereocenters. The van der Waals surface area contributed by atoms with E-state index in [1.54, 1.807) is 31.0 Å². The van der Waals surface area contributed by atoms with Crippen LogP contribution in [0.3, 0.4) is 0 Å². The third kappa shape index (κ3) is 6.37. The lowest BCUT2D eigenvalue weighted by molar-refractivity contribution is -0.127. The first-order chi connectivity index (χ1) is 11.3. The van der Waals surface area contributed by atoms with Gasteiger partial charge < -0.3 is 10.6 Å². The van der Waals surface area contributed by atoms with Crippen molar-refractivity contribution in [1.82, 2.24) is 20.9 Å². The van der Waals surface area contributed by atoms with Gasteiger partial charge in [-0.15, -0.1) is 0 Å². The maximum absolute atomic E-state index is 12.5. The highest BCUT2D eigenvalue weighted by Gasteiger charge is 2.27. The number of carbonyl (C=O) groups excluding carboxylic acids is 3. The van der Waals surface area contributed by atoms with E-state index in [9.17, 15) is 14.4 Å². The van der Waals surface area contributed by atoms with E-state index in [1.807, 2.05) is 32.0 Å². The molecule has 1 aromatic carbocycles. The molecule has 0 fully saturated rings. The Kier molecular flexibility index (Phi) is 7.91. The highest BCUT2D eigenvalue weighted by molar-refractivity contribution is 5.97. The first-order valence-corrected chi connectivity index (χ1v) is 7.98. The molecule has 0 radical (unpaired) electrons. The number of hydrogen-bond acceptors (Lipinski definition) is 4. The van der Waals surface area contributed by atoms with Crippen LogP contribution in [-0.4, -0.2) is 48.9 Å². The first kappa shape index (κ1) is 19.6. The van der Waals surface area contributed by atoms with E-state index in [1.165, 1.54) is 0 Å². The number of nitrogens with zero attached hydrogens (tertiary/aromatic N) is 1. The van der Waals surface area contributed by atoms with Gasteiger partial charge in [-0.3, -0.25) is 19.8 Å². The smallest absolute Gasteiger partial charge is 0.321 e. The minimum Gasteiger partial charge on any atom is -0.353 e. The number of hydrogen-bond donors (Lipinski definition) is 3. The van der Waals surface area contributed by atoms with Crippen molar-refractivity contribution in [2.45, 2.75) is 32.9 Å². The fourth-order valence-corrected chi connectivity index (χ4v) is 2.31. The highest BCUT2D eigenvalue weighted by atomic mass is 16.2. The second-order valence-electron chi connectivity index (χ2n) is 5.80. The van der Waals surface area contributed by atoms with Crippen molar-refractivity contribution in [2.24, 2.45) is 0 Å². The van der Waals surface area contributed by atoms with Gasteiger partial charge in [0.25, 0.3) is 0 Å². The van der Waals surface area contributed by atoms with Gasteiger partial charge in [-0.1, -0.05) is 30.3 Å². The van der Waals surface area contributed by atoms with Crippen LogP contribution in [0.25, 0.3) is 0 Å². The topological polar surface area (TPSA) is 90.5 Å². The average Bonchev–Trinajstić information content (AvgIpc) is 2.47. The fourth-order valence-electron chi connectivity index (χ4n) is 2.31. The maximum atomic E-state index is 12.5. The van der Waals surface area contributed by atoms with Crippen LogP contribution in [0.4, 0.5) is 4.79 Å². The Morgan fingerprint density at radius 2 is 1.75 bits per heavy atom. The van der Waals surface area contributed by atoms with E-state index in [0.29, 0.717) is 12.1 Å². The van der Waals surface area contributed by atoms with Gasteiger partial charge >= 0.3 is 6.03 Å². The number of benzene rings is 1. The number of amides is 4. The van der Waals surface area contributed by atoms with Crippen molar-refractivity contribution >= 4 is 17.8 Å². The Bertz CT molecular complexity index is 560. The van der Waals surface area contributed by atoms with Crippen LogP contribution in [0.2, 0.25) is 0 Å². The predicted octanol–water partition coefficient (Wildman–Crippen LogP) is 1.03. The largest absolute Gasteiger partial charge is 0.353 e. The molecule has 0 aliphatic rings. The molecule has 0 bridgehead atoms. The van der Waals surface area contributed by atoms with E-state index in [-0.39, 0.29) is 18.5 Å². The number of imide groups is 1. The van der Waals surface area contributed by atoms with E-state index in [0.717, 1.165) is 0 Å². The monoisotopic (exact) mass is 334 g/mol. The number of urea groups is 1. The van der Waals surface area contributed by atoms with Gasteiger partial charge in [0.05, 0.1) is 6.54 Å². The minimum absolute atomic E-state index is 0.0187. The second kappa shape index (κ2) is 9.67. The first-order valence-electron chi connectivity index (χ1n) is 7.98.